The highest BCUT2D eigenvalue weighted by Gasteiger charge is 2.28. The van der Waals surface area contributed by atoms with Crippen LogP contribution in [0.25, 0.3) is 0 Å². The van der Waals surface area contributed by atoms with Crippen LogP contribution in [0.3, 0.4) is 0 Å². The number of likely N-dealkylation sites (N-methyl/N-ethyl adjacent to an activating group) is 1. The summed E-state index contributed by atoms with van der Waals surface area (Å²) in [6.45, 7) is 7.64. The minimum Gasteiger partial charge on any atom is -0.394 e. The first kappa shape index (κ1) is 14.4. The number of nitrogens with zero attached hydrogens (tertiary/aromatic N) is 2. The van der Waals surface area contributed by atoms with E-state index in [-0.39, 0.29) is 30.7 Å². The highest BCUT2D eigenvalue weighted by molar-refractivity contribution is 5.78. The van der Waals surface area contributed by atoms with Crippen LogP contribution in [-0.2, 0) is 9.53 Å². The second kappa shape index (κ2) is 6.33. The third-order valence-electron chi connectivity index (χ3n) is 3.34. The molecule has 0 aromatic heterocycles. The number of hydrogen-bond acceptors (Lipinski definition) is 4. The molecule has 5 nitrogen and oxygen atoms in total. The number of morpholine rings is 1. The maximum absolute atomic E-state index is 12.0. The maximum Gasteiger partial charge on any atom is 0.236 e. The fraction of sp³-hybridized carbons (Fsp3) is 0.917. The summed E-state index contributed by atoms with van der Waals surface area (Å²) in [4.78, 5) is 15.8. The normalized spacial score (nSPS) is 26.2. The van der Waals surface area contributed by atoms with Gasteiger partial charge in [0, 0.05) is 25.7 Å². The van der Waals surface area contributed by atoms with Gasteiger partial charge in [0.1, 0.15) is 0 Å². The van der Waals surface area contributed by atoms with Gasteiger partial charge in [0.05, 0.1) is 25.9 Å². The van der Waals surface area contributed by atoms with E-state index in [4.69, 9.17) is 9.84 Å². The Labute approximate surface area is 103 Å². The lowest BCUT2D eigenvalue weighted by atomic mass is 10.2. The van der Waals surface area contributed by atoms with Gasteiger partial charge in [-0.2, -0.15) is 0 Å². The first-order chi connectivity index (χ1) is 7.95. The lowest BCUT2D eigenvalue weighted by molar-refractivity contribution is -0.137. The lowest BCUT2D eigenvalue weighted by Crippen LogP contribution is -2.53. The average Bonchev–Trinajstić information content (AvgIpc) is 2.30. The minimum absolute atomic E-state index is 0.0113. The first-order valence-corrected chi connectivity index (χ1v) is 6.17. The van der Waals surface area contributed by atoms with E-state index in [0.29, 0.717) is 19.7 Å². The van der Waals surface area contributed by atoms with Crippen LogP contribution in [0, 0.1) is 0 Å². The molecule has 1 aliphatic heterocycles. The lowest BCUT2D eigenvalue weighted by Gasteiger charge is -2.38. The van der Waals surface area contributed by atoms with E-state index < -0.39 is 0 Å². The number of ether oxygens (including phenoxy) is 1. The van der Waals surface area contributed by atoms with Crippen molar-refractivity contribution < 1.29 is 14.6 Å². The van der Waals surface area contributed by atoms with Gasteiger partial charge in [-0.25, -0.2) is 0 Å². The molecule has 1 fully saturated rings. The van der Waals surface area contributed by atoms with Crippen molar-refractivity contribution in [3.05, 3.63) is 0 Å². The Hall–Kier alpha value is -0.650. The van der Waals surface area contributed by atoms with Crippen LogP contribution in [-0.4, -0.2) is 72.4 Å². The van der Waals surface area contributed by atoms with Gasteiger partial charge < -0.3 is 14.7 Å². The molecule has 1 amide bonds. The van der Waals surface area contributed by atoms with Gasteiger partial charge in [-0.15, -0.1) is 0 Å². The van der Waals surface area contributed by atoms with Crippen LogP contribution in [0.15, 0.2) is 0 Å². The van der Waals surface area contributed by atoms with Crippen molar-refractivity contribution >= 4 is 5.91 Å². The minimum atomic E-state index is -0.164. The van der Waals surface area contributed by atoms with E-state index in [1.807, 2.05) is 27.8 Å². The summed E-state index contributed by atoms with van der Waals surface area (Å²) < 4.78 is 5.44. The molecule has 0 saturated carbocycles. The summed E-state index contributed by atoms with van der Waals surface area (Å²) in [7, 11) is 1.82. The van der Waals surface area contributed by atoms with Crippen LogP contribution in [0.1, 0.15) is 20.8 Å². The molecule has 5 heteroatoms. The third-order valence-corrected chi connectivity index (χ3v) is 3.34. The fourth-order valence-corrected chi connectivity index (χ4v) is 1.78. The number of hydrogen-bond donors (Lipinski definition) is 1. The van der Waals surface area contributed by atoms with Crippen LogP contribution < -0.4 is 0 Å². The monoisotopic (exact) mass is 244 g/mol. The summed E-state index contributed by atoms with van der Waals surface area (Å²) in [5.41, 5.74) is 0. The maximum atomic E-state index is 12.0. The van der Waals surface area contributed by atoms with E-state index >= 15 is 0 Å². The summed E-state index contributed by atoms with van der Waals surface area (Å²) in [5.74, 6) is 0.116. The third kappa shape index (κ3) is 3.94. The molecule has 0 spiro atoms. The zero-order valence-electron chi connectivity index (χ0n) is 11.2. The number of aliphatic hydroxyl groups is 1. The van der Waals surface area contributed by atoms with Gasteiger partial charge in [-0.3, -0.25) is 9.69 Å². The zero-order chi connectivity index (χ0) is 13.0. The van der Waals surface area contributed by atoms with Gasteiger partial charge in [0.25, 0.3) is 0 Å². The van der Waals surface area contributed by atoms with E-state index in [9.17, 15) is 4.79 Å². The van der Waals surface area contributed by atoms with E-state index in [2.05, 4.69) is 4.90 Å². The van der Waals surface area contributed by atoms with E-state index in [1.165, 1.54) is 0 Å². The van der Waals surface area contributed by atoms with Crippen molar-refractivity contribution in [2.75, 3.05) is 33.4 Å². The van der Waals surface area contributed by atoms with Gasteiger partial charge in [-0.05, 0) is 20.8 Å². The Balaban J connectivity index is 2.51. The largest absolute Gasteiger partial charge is 0.394 e. The quantitative estimate of drug-likeness (QED) is 0.752. The smallest absolute Gasteiger partial charge is 0.236 e. The number of amides is 1. The summed E-state index contributed by atoms with van der Waals surface area (Å²) in [6.07, 6.45) is -0.164. The Morgan fingerprint density at radius 1 is 1.59 bits per heavy atom. The molecule has 17 heavy (non-hydrogen) atoms. The molecule has 2 atom stereocenters. The van der Waals surface area contributed by atoms with Gasteiger partial charge in [-0.1, -0.05) is 0 Å². The Morgan fingerprint density at radius 3 is 2.76 bits per heavy atom. The Kier molecular flexibility index (Phi) is 5.36. The average molecular weight is 244 g/mol. The van der Waals surface area contributed by atoms with Crippen molar-refractivity contribution in [3.8, 4) is 0 Å². The Bertz CT molecular complexity index is 258. The molecule has 1 rings (SSSR count). The molecule has 100 valence electrons. The molecule has 1 saturated heterocycles. The molecule has 1 aliphatic rings. The van der Waals surface area contributed by atoms with Crippen molar-refractivity contribution in [1.82, 2.24) is 9.80 Å². The van der Waals surface area contributed by atoms with Gasteiger partial charge >= 0.3 is 0 Å². The zero-order valence-corrected chi connectivity index (χ0v) is 11.2. The van der Waals surface area contributed by atoms with Crippen molar-refractivity contribution in [3.63, 3.8) is 0 Å². The number of aliphatic hydroxyl groups excluding tert-OH is 1. The first-order valence-electron chi connectivity index (χ1n) is 6.17. The van der Waals surface area contributed by atoms with Crippen LogP contribution in [0.4, 0.5) is 0 Å². The molecule has 1 heterocycles. The molecular weight excluding hydrogens is 220 g/mol. The number of carbonyl (C=O) groups excluding carboxylic acids is 1. The second-order valence-electron chi connectivity index (χ2n) is 5.01. The standard InChI is InChI=1S/C12H24N2O3/c1-9(2)13(4)12(16)6-14-5-11(7-15)17-8-10(14)3/h9-11,15H,5-8H2,1-4H3. The summed E-state index contributed by atoms with van der Waals surface area (Å²) >= 11 is 0. The molecule has 0 aromatic carbocycles. The molecule has 0 aromatic rings. The summed E-state index contributed by atoms with van der Waals surface area (Å²) in [5, 5.41) is 9.08. The molecule has 0 radical (unpaired) electrons. The highest BCUT2D eigenvalue weighted by Crippen LogP contribution is 2.11. The number of rotatable bonds is 4. The summed E-state index contributed by atoms with van der Waals surface area (Å²) in [6, 6.07) is 0.440. The predicted octanol–water partition coefficient (Wildman–Crippen LogP) is -0.0652. The van der Waals surface area contributed by atoms with E-state index in [1.54, 1.807) is 4.90 Å². The van der Waals surface area contributed by atoms with Crippen molar-refractivity contribution in [1.29, 1.82) is 0 Å². The highest BCUT2D eigenvalue weighted by atomic mass is 16.5. The van der Waals surface area contributed by atoms with Crippen molar-refractivity contribution in [2.45, 2.75) is 39.0 Å². The molecular formula is C12H24N2O3. The van der Waals surface area contributed by atoms with Gasteiger partial charge in [0.15, 0.2) is 0 Å². The molecule has 2 unspecified atom stereocenters. The number of carbonyl (C=O) groups is 1. The van der Waals surface area contributed by atoms with Crippen LogP contribution in [0.5, 0.6) is 0 Å². The van der Waals surface area contributed by atoms with Gasteiger partial charge in [0.2, 0.25) is 5.91 Å². The predicted molar refractivity (Wildman–Crippen MR) is 65.8 cm³/mol. The Morgan fingerprint density at radius 2 is 2.24 bits per heavy atom. The second-order valence-corrected chi connectivity index (χ2v) is 5.01. The topological polar surface area (TPSA) is 53.0 Å². The SMILES string of the molecule is CC1COC(CO)CN1CC(=O)N(C)C(C)C. The molecule has 0 bridgehead atoms. The van der Waals surface area contributed by atoms with Crippen LogP contribution >= 0.6 is 0 Å². The fourth-order valence-electron chi connectivity index (χ4n) is 1.78. The van der Waals surface area contributed by atoms with Crippen molar-refractivity contribution in [2.24, 2.45) is 0 Å². The van der Waals surface area contributed by atoms with E-state index in [0.717, 1.165) is 0 Å². The molecule has 0 aliphatic carbocycles. The van der Waals surface area contributed by atoms with Crippen LogP contribution in [0.2, 0.25) is 0 Å². The molecule has 1 N–H and O–H groups in total.